The lowest BCUT2D eigenvalue weighted by atomic mass is 10.1. The van der Waals surface area contributed by atoms with E-state index in [4.69, 9.17) is 0 Å². The van der Waals surface area contributed by atoms with Crippen LogP contribution in [0, 0.1) is 5.92 Å². The molecule has 2 aromatic rings. The predicted molar refractivity (Wildman–Crippen MR) is 104 cm³/mol. The number of hydrogen-bond acceptors (Lipinski definition) is 4. The molecule has 7 heteroatoms. The van der Waals surface area contributed by atoms with Crippen LogP contribution in [0.2, 0.25) is 0 Å². The van der Waals surface area contributed by atoms with E-state index in [1.54, 1.807) is 29.6 Å². The van der Waals surface area contributed by atoms with Gasteiger partial charge in [0.15, 0.2) is 0 Å². The molecule has 0 radical (unpaired) electrons. The minimum Gasteiger partial charge on any atom is -0.352 e. The number of thiophene rings is 1. The number of nitrogens with one attached hydrogen (secondary N) is 3. The average molecular weight is 380 g/mol. The lowest BCUT2D eigenvalue weighted by Gasteiger charge is -2.12. The Balaban J connectivity index is 0.00000225. The van der Waals surface area contributed by atoms with Gasteiger partial charge >= 0.3 is 0 Å². The zero-order chi connectivity index (χ0) is 16.8. The van der Waals surface area contributed by atoms with Crippen molar-refractivity contribution in [1.29, 1.82) is 0 Å². The molecular formula is C18H22ClN3O2S. The zero-order valence-electron chi connectivity index (χ0n) is 13.8. The molecular weight excluding hydrogens is 358 g/mol. The van der Waals surface area contributed by atoms with Crippen molar-refractivity contribution < 1.29 is 9.59 Å². The van der Waals surface area contributed by atoms with Gasteiger partial charge in [-0.05, 0) is 55.4 Å². The van der Waals surface area contributed by atoms with Crippen LogP contribution in [-0.2, 0) is 0 Å². The number of amides is 2. The van der Waals surface area contributed by atoms with Gasteiger partial charge < -0.3 is 16.0 Å². The summed E-state index contributed by atoms with van der Waals surface area (Å²) >= 11 is 1.47. The monoisotopic (exact) mass is 379 g/mol. The first kappa shape index (κ1) is 19.4. The van der Waals surface area contributed by atoms with E-state index in [0.29, 0.717) is 29.3 Å². The summed E-state index contributed by atoms with van der Waals surface area (Å²) in [4.78, 5) is 24.6. The summed E-state index contributed by atoms with van der Waals surface area (Å²) in [5.74, 6) is 0.287. The first-order chi connectivity index (χ1) is 11.7. The molecule has 1 aromatic heterocycles. The fraction of sp³-hybridized carbons (Fsp3) is 0.333. The third-order valence-corrected chi connectivity index (χ3v) is 4.89. The third kappa shape index (κ3) is 5.29. The number of carbonyl (C=O) groups is 2. The molecule has 2 amide bonds. The van der Waals surface area contributed by atoms with Crippen LogP contribution < -0.4 is 16.0 Å². The first-order valence-corrected chi connectivity index (χ1v) is 9.10. The molecule has 1 saturated heterocycles. The Hall–Kier alpha value is -1.89. The van der Waals surface area contributed by atoms with Crippen LogP contribution in [0.5, 0.6) is 0 Å². The van der Waals surface area contributed by atoms with Crippen LogP contribution in [0.25, 0.3) is 0 Å². The number of carbonyl (C=O) groups excluding carboxylic acids is 2. The summed E-state index contributed by atoms with van der Waals surface area (Å²) in [7, 11) is 0. The van der Waals surface area contributed by atoms with E-state index in [2.05, 4.69) is 16.0 Å². The Labute approximate surface area is 157 Å². The second-order valence-electron chi connectivity index (χ2n) is 5.92. The molecule has 1 aliphatic heterocycles. The van der Waals surface area contributed by atoms with E-state index in [-0.39, 0.29) is 24.2 Å². The highest BCUT2D eigenvalue weighted by molar-refractivity contribution is 7.08. The average Bonchev–Trinajstić information content (AvgIpc) is 3.29. The molecule has 1 unspecified atom stereocenters. The molecule has 0 saturated carbocycles. The van der Waals surface area contributed by atoms with Gasteiger partial charge in [-0.15, -0.1) is 12.4 Å². The van der Waals surface area contributed by atoms with Crippen LogP contribution in [-0.4, -0.2) is 31.4 Å². The summed E-state index contributed by atoms with van der Waals surface area (Å²) in [6, 6.07) is 8.86. The largest absolute Gasteiger partial charge is 0.352 e. The molecule has 134 valence electrons. The fourth-order valence-corrected chi connectivity index (χ4v) is 3.46. The van der Waals surface area contributed by atoms with Gasteiger partial charge in [-0.2, -0.15) is 11.3 Å². The van der Waals surface area contributed by atoms with Crippen LogP contribution in [0.4, 0.5) is 5.69 Å². The molecule has 2 heterocycles. The zero-order valence-corrected chi connectivity index (χ0v) is 15.4. The Morgan fingerprint density at radius 2 is 2.04 bits per heavy atom. The van der Waals surface area contributed by atoms with Gasteiger partial charge in [0.2, 0.25) is 0 Å². The minimum atomic E-state index is -0.200. The van der Waals surface area contributed by atoms with Crippen molar-refractivity contribution in [3.8, 4) is 0 Å². The van der Waals surface area contributed by atoms with Gasteiger partial charge in [0.1, 0.15) is 0 Å². The Bertz CT molecular complexity index is 700. The van der Waals surface area contributed by atoms with Crippen molar-refractivity contribution in [2.24, 2.45) is 5.92 Å². The maximum absolute atomic E-state index is 12.4. The molecule has 5 nitrogen and oxygen atoms in total. The third-order valence-electron chi connectivity index (χ3n) is 4.20. The van der Waals surface area contributed by atoms with E-state index in [9.17, 15) is 9.59 Å². The molecule has 25 heavy (non-hydrogen) atoms. The SMILES string of the molecule is Cl.O=C(Nc1ccccc1C(=O)NCCC1CCNC1)c1ccsc1. The quantitative estimate of drug-likeness (QED) is 0.722. The summed E-state index contributed by atoms with van der Waals surface area (Å²) in [5, 5.41) is 12.7. The van der Waals surface area contributed by atoms with Crippen LogP contribution in [0.1, 0.15) is 33.6 Å². The van der Waals surface area contributed by atoms with Crippen LogP contribution in [0.15, 0.2) is 41.1 Å². The highest BCUT2D eigenvalue weighted by atomic mass is 35.5. The molecule has 1 aliphatic rings. The highest BCUT2D eigenvalue weighted by Gasteiger charge is 2.16. The molecule has 3 N–H and O–H groups in total. The van der Waals surface area contributed by atoms with E-state index in [1.165, 1.54) is 17.8 Å². The van der Waals surface area contributed by atoms with Crippen molar-refractivity contribution in [3.05, 3.63) is 52.2 Å². The van der Waals surface area contributed by atoms with Crippen molar-refractivity contribution in [1.82, 2.24) is 10.6 Å². The molecule has 3 rings (SSSR count). The standard InChI is InChI=1S/C18H21N3O2S.ClH/c22-17(14-7-10-24-12-14)21-16-4-2-1-3-15(16)18(23)20-9-6-13-5-8-19-11-13;/h1-4,7,10,12-13,19H,5-6,8-9,11H2,(H,20,23)(H,21,22);1H. The molecule has 0 spiro atoms. The van der Waals surface area contributed by atoms with Gasteiger partial charge in [0.05, 0.1) is 16.8 Å². The second-order valence-corrected chi connectivity index (χ2v) is 6.70. The summed E-state index contributed by atoms with van der Waals surface area (Å²) in [5.41, 5.74) is 1.63. The van der Waals surface area contributed by atoms with E-state index in [1.807, 2.05) is 11.4 Å². The summed E-state index contributed by atoms with van der Waals surface area (Å²) in [6.07, 6.45) is 2.14. The van der Waals surface area contributed by atoms with Crippen molar-refractivity contribution >= 4 is 41.2 Å². The lowest BCUT2D eigenvalue weighted by molar-refractivity contribution is 0.0952. The van der Waals surface area contributed by atoms with Gasteiger partial charge in [-0.3, -0.25) is 9.59 Å². The van der Waals surface area contributed by atoms with Gasteiger partial charge in [-0.1, -0.05) is 12.1 Å². The molecule has 1 atom stereocenters. The minimum absolute atomic E-state index is 0. The fourth-order valence-electron chi connectivity index (χ4n) is 2.82. The summed E-state index contributed by atoms with van der Waals surface area (Å²) in [6.45, 7) is 2.75. The molecule has 1 fully saturated rings. The van der Waals surface area contributed by atoms with Gasteiger partial charge in [0, 0.05) is 11.9 Å². The Morgan fingerprint density at radius 3 is 2.76 bits per heavy atom. The van der Waals surface area contributed by atoms with E-state index < -0.39 is 0 Å². The number of benzene rings is 1. The summed E-state index contributed by atoms with van der Waals surface area (Å²) < 4.78 is 0. The number of rotatable bonds is 6. The topological polar surface area (TPSA) is 70.2 Å². The smallest absolute Gasteiger partial charge is 0.256 e. The van der Waals surface area contributed by atoms with Crippen molar-refractivity contribution in [2.45, 2.75) is 12.8 Å². The first-order valence-electron chi connectivity index (χ1n) is 8.15. The van der Waals surface area contributed by atoms with Crippen molar-refractivity contribution in [2.75, 3.05) is 25.0 Å². The Kier molecular flexibility index (Phi) is 7.43. The van der Waals surface area contributed by atoms with Crippen LogP contribution >= 0.6 is 23.7 Å². The van der Waals surface area contributed by atoms with Crippen LogP contribution in [0.3, 0.4) is 0 Å². The number of anilines is 1. The van der Waals surface area contributed by atoms with E-state index >= 15 is 0 Å². The number of hydrogen-bond donors (Lipinski definition) is 3. The van der Waals surface area contributed by atoms with E-state index in [0.717, 1.165) is 19.5 Å². The molecule has 1 aromatic carbocycles. The Morgan fingerprint density at radius 1 is 1.20 bits per heavy atom. The maximum Gasteiger partial charge on any atom is 0.256 e. The normalized spacial score (nSPS) is 16.1. The number of para-hydroxylation sites is 1. The number of halogens is 1. The molecule has 0 aliphatic carbocycles. The predicted octanol–water partition coefficient (Wildman–Crippen LogP) is 3.15. The van der Waals surface area contributed by atoms with Crippen molar-refractivity contribution in [3.63, 3.8) is 0 Å². The lowest BCUT2D eigenvalue weighted by Crippen LogP contribution is -2.27. The highest BCUT2D eigenvalue weighted by Crippen LogP contribution is 2.17. The van der Waals surface area contributed by atoms with Gasteiger partial charge in [-0.25, -0.2) is 0 Å². The maximum atomic E-state index is 12.4. The molecule has 0 bridgehead atoms. The second kappa shape index (κ2) is 9.56. The van der Waals surface area contributed by atoms with Gasteiger partial charge in [0.25, 0.3) is 11.8 Å².